The molecule has 19 heavy (non-hydrogen) atoms. The van der Waals surface area contributed by atoms with Crippen molar-refractivity contribution in [1.29, 1.82) is 0 Å². The summed E-state index contributed by atoms with van der Waals surface area (Å²) in [5, 5.41) is 3.85. The molecule has 0 bridgehead atoms. The van der Waals surface area contributed by atoms with Crippen LogP contribution in [0.5, 0.6) is 0 Å². The maximum absolute atomic E-state index is 3.85. The molecule has 1 fully saturated rings. The van der Waals surface area contributed by atoms with Crippen molar-refractivity contribution in [2.24, 2.45) is 23.7 Å². The van der Waals surface area contributed by atoms with Crippen LogP contribution >= 0.6 is 0 Å². The van der Waals surface area contributed by atoms with Crippen molar-refractivity contribution >= 4 is 0 Å². The summed E-state index contributed by atoms with van der Waals surface area (Å²) in [4.78, 5) is 0. The summed E-state index contributed by atoms with van der Waals surface area (Å²) in [7, 11) is 0. The lowest BCUT2D eigenvalue weighted by molar-refractivity contribution is 0.135. The van der Waals surface area contributed by atoms with Gasteiger partial charge in [-0.3, -0.25) is 0 Å². The Morgan fingerprint density at radius 2 is 1.79 bits per heavy atom. The summed E-state index contributed by atoms with van der Waals surface area (Å²) < 4.78 is 0. The van der Waals surface area contributed by atoms with Crippen LogP contribution in [-0.2, 0) is 0 Å². The van der Waals surface area contributed by atoms with E-state index >= 15 is 0 Å². The van der Waals surface area contributed by atoms with Crippen LogP contribution in [0.3, 0.4) is 0 Å². The predicted molar refractivity (Wildman–Crippen MR) is 86.4 cm³/mol. The second-order valence-electron chi connectivity index (χ2n) is 6.92. The number of rotatable bonds is 8. The zero-order valence-corrected chi connectivity index (χ0v) is 14.0. The molecule has 1 aliphatic carbocycles. The van der Waals surface area contributed by atoms with Crippen LogP contribution in [0.4, 0.5) is 0 Å². The first kappa shape index (κ1) is 17.0. The van der Waals surface area contributed by atoms with Crippen molar-refractivity contribution in [1.82, 2.24) is 5.32 Å². The van der Waals surface area contributed by atoms with Gasteiger partial charge in [-0.1, -0.05) is 60.3 Å². The van der Waals surface area contributed by atoms with Crippen LogP contribution < -0.4 is 5.32 Å². The van der Waals surface area contributed by atoms with Gasteiger partial charge in [0.2, 0.25) is 0 Å². The molecule has 0 aromatic heterocycles. The molecule has 0 spiro atoms. The van der Waals surface area contributed by atoms with E-state index in [1.165, 1.54) is 44.9 Å². The Bertz CT molecular complexity index is 226. The fourth-order valence-corrected chi connectivity index (χ4v) is 3.97. The van der Waals surface area contributed by atoms with E-state index in [9.17, 15) is 0 Å². The Labute approximate surface area is 121 Å². The van der Waals surface area contributed by atoms with Crippen molar-refractivity contribution in [3.8, 4) is 0 Å². The molecule has 114 valence electrons. The van der Waals surface area contributed by atoms with Crippen LogP contribution in [0.2, 0.25) is 0 Å². The molecule has 1 N–H and O–H groups in total. The lowest BCUT2D eigenvalue weighted by Crippen LogP contribution is -2.44. The molecule has 0 aromatic carbocycles. The molecule has 0 radical (unpaired) electrons. The quantitative estimate of drug-likeness (QED) is 0.633. The van der Waals surface area contributed by atoms with E-state index in [-0.39, 0.29) is 0 Å². The molecule has 0 saturated heterocycles. The van der Waals surface area contributed by atoms with Gasteiger partial charge in [-0.25, -0.2) is 0 Å². The van der Waals surface area contributed by atoms with Crippen molar-refractivity contribution in [2.75, 3.05) is 6.54 Å². The Morgan fingerprint density at radius 3 is 2.32 bits per heavy atom. The van der Waals surface area contributed by atoms with Gasteiger partial charge in [-0.05, 0) is 49.5 Å². The summed E-state index contributed by atoms with van der Waals surface area (Å²) in [6, 6.07) is 0.775. The maximum atomic E-state index is 3.85. The molecule has 1 aliphatic rings. The molecule has 1 heteroatoms. The first-order valence-corrected chi connectivity index (χ1v) is 8.87. The molecule has 5 atom stereocenters. The van der Waals surface area contributed by atoms with Gasteiger partial charge in [0, 0.05) is 6.04 Å². The fourth-order valence-electron chi connectivity index (χ4n) is 3.97. The molecular formula is C18H37N. The van der Waals surface area contributed by atoms with Gasteiger partial charge in [0.05, 0.1) is 0 Å². The predicted octanol–water partition coefficient (Wildman–Crippen LogP) is 5.25. The van der Waals surface area contributed by atoms with Crippen molar-refractivity contribution in [3.63, 3.8) is 0 Å². The highest BCUT2D eigenvalue weighted by Gasteiger charge is 2.33. The van der Waals surface area contributed by atoms with E-state index in [0.717, 1.165) is 36.3 Å². The molecule has 1 rings (SSSR count). The fraction of sp³-hybridized carbons (Fsp3) is 1.00. The molecule has 1 saturated carbocycles. The zero-order valence-electron chi connectivity index (χ0n) is 14.0. The first-order chi connectivity index (χ1) is 9.13. The summed E-state index contributed by atoms with van der Waals surface area (Å²) in [5.74, 6) is 3.68. The van der Waals surface area contributed by atoms with Crippen LogP contribution in [0.25, 0.3) is 0 Å². The van der Waals surface area contributed by atoms with Gasteiger partial charge < -0.3 is 5.32 Å². The van der Waals surface area contributed by atoms with Crippen LogP contribution in [0.15, 0.2) is 0 Å². The van der Waals surface area contributed by atoms with Crippen molar-refractivity contribution in [2.45, 2.75) is 85.6 Å². The highest BCUT2D eigenvalue weighted by molar-refractivity contribution is 4.87. The Kier molecular flexibility index (Phi) is 8.06. The van der Waals surface area contributed by atoms with E-state index in [1.54, 1.807) is 0 Å². The van der Waals surface area contributed by atoms with Crippen molar-refractivity contribution in [3.05, 3.63) is 0 Å². The molecule has 0 heterocycles. The number of hydrogen-bond acceptors (Lipinski definition) is 1. The largest absolute Gasteiger partial charge is 0.314 e. The van der Waals surface area contributed by atoms with E-state index in [0.29, 0.717) is 0 Å². The number of hydrogen-bond donors (Lipinski definition) is 1. The van der Waals surface area contributed by atoms with Crippen LogP contribution in [-0.4, -0.2) is 12.6 Å². The SMILES string of the molecule is CCCCC(CC)C(NCC)C1CCC(C)C(C)C1. The lowest BCUT2D eigenvalue weighted by Gasteiger charge is -2.40. The standard InChI is InChI=1S/C18H37N/c1-6-9-10-16(7-2)18(19-8-3)17-12-11-14(4)15(5)13-17/h14-19H,6-13H2,1-5H3. The van der Waals surface area contributed by atoms with Gasteiger partial charge in [0.15, 0.2) is 0 Å². The Hall–Kier alpha value is -0.0400. The second kappa shape index (κ2) is 9.00. The lowest BCUT2D eigenvalue weighted by atomic mass is 9.70. The minimum absolute atomic E-state index is 0.775. The van der Waals surface area contributed by atoms with Gasteiger partial charge in [0.25, 0.3) is 0 Å². The molecular weight excluding hydrogens is 230 g/mol. The average Bonchev–Trinajstić information content (AvgIpc) is 2.41. The summed E-state index contributed by atoms with van der Waals surface area (Å²) in [6.45, 7) is 13.0. The monoisotopic (exact) mass is 267 g/mol. The first-order valence-electron chi connectivity index (χ1n) is 8.87. The van der Waals surface area contributed by atoms with E-state index in [4.69, 9.17) is 0 Å². The topological polar surface area (TPSA) is 12.0 Å². The van der Waals surface area contributed by atoms with E-state index in [2.05, 4.69) is 39.9 Å². The van der Waals surface area contributed by atoms with Gasteiger partial charge in [-0.15, -0.1) is 0 Å². The molecule has 0 aliphatic heterocycles. The minimum atomic E-state index is 0.775. The molecule has 0 aromatic rings. The third-order valence-corrected chi connectivity index (χ3v) is 5.55. The Morgan fingerprint density at radius 1 is 1.05 bits per heavy atom. The normalized spacial score (nSPS) is 31.1. The Balaban J connectivity index is 2.63. The van der Waals surface area contributed by atoms with Crippen molar-refractivity contribution < 1.29 is 0 Å². The van der Waals surface area contributed by atoms with Crippen LogP contribution in [0.1, 0.15) is 79.6 Å². The molecule has 5 unspecified atom stereocenters. The second-order valence-corrected chi connectivity index (χ2v) is 6.92. The minimum Gasteiger partial charge on any atom is -0.314 e. The molecule has 1 nitrogen and oxygen atoms in total. The maximum Gasteiger partial charge on any atom is 0.0123 e. The van der Waals surface area contributed by atoms with Gasteiger partial charge >= 0.3 is 0 Å². The highest BCUT2D eigenvalue weighted by atomic mass is 14.9. The van der Waals surface area contributed by atoms with Gasteiger partial charge in [0.1, 0.15) is 0 Å². The average molecular weight is 268 g/mol. The zero-order chi connectivity index (χ0) is 14.3. The third kappa shape index (κ3) is 5.10. The summed E-state index contributed by atoms with van der Waals surface area (Å²) in [5.41, 5.74) is 0. The van der Waals surface area contributed by atoms with E-state index in [1.807, 2.05) is 0 Å². The molecule has 0 amide bonds. The summed E-state index contributed by atoms with van der Waals surface area (Å²) in [6.07, 6.45) is 9.85. The highest BCUT2D eigenvalue weighted by Crippen LogP contribution is 2.38. The third-order valence-electron chi connectivity index (χ3n) is 5.55. The van der Waals surface area contributed by atoms with Crippen LogP contribution in [0, 0.1) is 23.7 Å². The smallest absolute Gasteiger partial charge is 0.0123 e. The van der Waals surface area contributed by atoms with E-state index < -0.39 is 0 Å². The summed E-state index contributed by atoms with van der Waals surface area (Å²) >= 11 is 0. The van der Waals surface area contributed by atoms with Gasteiger partial charge in [-0.2, -0.15) is 0 Å². The number of unbranched alkanes of at least 4 members (excludes halogenated alkanes) is 1. The number of nitrogens with one attached hydrogen (secondary N) is 1.